The summed E-state index contributed by atoms with van der Waals surface area (Å²) in [5, 5.41) is 10.2. The lowest BCUT2D eigenvalue weighted by molar-refractivity contribution is 0.669. The van der Waals surface area contributed by atoms with Crippen LogP contribution in [0.1, 0.15) is 0 Å². The molecule has 0 atom stereocenters. The van der Waals surface area contributed by atoms with Gasteiger partial charge < -0.3 is 4.42 Å². The lowest BCUT2D eigenvalue weighted by Gasteiger charge is -2.15. The van der Waals surface area contributed by atoms with E-state index in [1.54, 1.807) is 0 Å². The minimum Gasteiger partial charge on any atom is -0.456 e. The van der Waals surface area contributed by atoms with Crippen molar-refractivity contribution < 1.29 is 4.42 Å². The number of hydrogen-bond acceptors (Lipinski definition) is 3. The normalized spacial score (nSPS) is 12.0. The number of aromatic nitrogens is 3. The molecule has 0 amide bonds. The van der Waals surface area contributed by atoms with E-state index in [9.17, 15) is 0 Å². The zero-order chi connectivity index (χ0) is 32.8. The first-order valence-electron chi connectivity index (χ1n) is 16.9. The molecule has 4 heteroatoms. The molecular formula is C46H27N3O. The molecule has 50 heavy (non-hydrogen) atoms. The topological polar surface area (TPSA) is 43.9 Å². The molecule has 4 nitrogen and oxygen atoms in total. The largest absolute Gasteiger partial charge is 0.456 e. The molecule has 0 saturated carbocycles. The van der Waals surface area contributed by atoms with Crippen molar-refractivity contribution in [3.05, 3.63) is 164 Å². The monoisotopic (exact) mass is 637 g/mol. The minimum atomic E-state index is 0.639. The van der Waals surface area contributed by atoms with E-state index in [1.165, 1.54) is 16.2 Å². The van der Waals surface area contributed by atoms with E-state index in [2.05, 4.69) is 150 Å². The van der Waals surface area contributed by atoms with Crippen molar-refractivity contribution in [3.8, 4) is 28.3 Å². The van der Waals surface area contributed by atoms with Gasteiger partial charge in [-0.2, -0.15) is 0 Å². The molecule has 0 N–H and O–H groups in total. The number of furan rings is 1. The van der Waals surface area contributed by atoms with E-state index >= 15 is 0 Å². The zero-order valence-corrected chi connectivity index (χ0v) is 26.8. The predicted octanol–water partition coefficient (Wildman–Crippen LogP) is 12.3. The predicted molar refractivity (Wildman–Crippen MR) is 207 cm³/mol. The Bertz CT molecular complexity index is 3150. The highest BCUT2D eigenvalue weighted by Crippen LogP contribution is 2.44. The number of hydrogen-bond donors (Lipinski definition) is 0. The van der Waals surface area contributed by atoms with Gasteiger partial charge in [0.15, 0.2) is 0 Å². The maximum absolute atomic E-state index is 6.38. The molecule has 11 aromatic rings. The van der Waals surface area contributed by atoms with Crippen LogP contribution in [0.5, 0.6) is 0 Å². The smallest absolute Gasteiger partial charge is 0.235 e. The number of para-hydroxylation sites is 2. The second-order valence-electron chi connectivity index (χ2n) is 12.9. The maximum Gasteiger partial charge on any atom is 0.235 e. The van der Waals surface area contributed by atoms with Crippen LogP contribution >= 0.6 is 0 Å². The van der Waals surface area contributed by atoms with Gasteiger partial charge in [0.05, 0.1) is 22.2 Å². The lowest BCUT2D eigenvalue weighted by atomic mass is 9.96. The van der Waals surface area contributed by atoms with Crippen LogP contribution in [0, 0.1) is 0 Å². The summed E-state index contributed by atoms with van der Waals surface area (Å²) in [6, 6.07) is 57.7. The molecule has 0 spiro atoms. The van der Waals surface area contributed by atoms with Crippen molar-refractivity contribution in [2.24, 2.45) is 0 Å². The van der Waals surface area contributed by atoms with Crippen molar-refractivity contribution >= 4 is 76.2 Å². The van der Waals surface area contributed by atoms with Crippen LogP contribution in [0.2, 0.25) is 0 Å². The summed E-state index contributed by atoms with van der Waals surface area (Å²) in [4.78, 5) is 11.0. The molecule has 3 aromatic heterocycles. The molecule has 8 aromatic carbocycles. The molecule has 3 heterocycles. The average molecular weight is 638 g/mol. The molecule has 0 aliphatic heterocycles. The van der Waals surface area contributed by atoms with Crippen molar-refractivity contribution in [2.75, 3.05) is 0 Å². The Morgan fingerprint density at radius 1 is 0.420 bits per heavy atom. The van der Waals surface area contributed by atoms with Gasteiger partial charge in [0, 0.05) is 43.4 Å². The van der Waals surface area contributed by atoms with Gasteiger partial charge >= 0.3 is 0 Å². The number of rotatable bonds is 3. The molecule has 0 saturated heterocycles. The average Bonchev–Trinajstić information content (AvgIpc) is 3.74. The van der Waals surface area contributed by atoms with Crippen LogP contribution < -0.4 is 0 Å². The first-order chi connectivity index (χ1) is 24.8. The Morgan fingerprint density at radius 3 is 1.96 bits per heavy atom. The zero-order valence-electron chi connectivity index (χ0n) is 26.8. The van der Waals surface area contributed by atoms with E-state index in [4.69, 9.17) is 14.4 Å². The van der Waals surface area contributed by atoms with Gasteiger partial charge in [-0.25, -0.2) is 9.97 Å². The molecular weight excluding hydrogens is 611 g/mol. The minimum absolute atomic E-state index is 0.639. The summed E-state index contributed by atoms with van der Waals surface area (Å²) in [5.41, 5.74) is 8.99. The van der Waals surface area contributed by atoms with Gasteiger partial charge in [-0.3, -0.25) is 4.57 Å². The molecule has 0 aliphatic rings. The fourth-order valence-corrected chi connectivity index (χ4v) is 8.03. The fraction of sp³-hybridized carbons (Fsp3) is 0. The van der Waals surface area contributed by atoms with Crippen LogP contribution in [0.25, 0.3) is 105 Å². The van der Waals surface area contributed by atoms with Crippen molar-refractivity contribution in [1.29, 1.82) is 0 Å². The number of fused-ring (bicyclic) bond motifs is 11. The molecule has 0 aliphatic carbocycles. The van der Waals surface area contributed by atoms with Gasteiger partial charge in [-0.1, -0.05) is 140 Å². The van der Waals surface area contributed by atoms with Crippen LogP contribution in [-0.4, -0.2) is 14.5 Å². The summed E-state index contributed by atoms with van der Waals surface area (Å²) < 4.78 is 8.67. The summed E-state index contributed by atoms with van der Waals surface area (Å²) in [6.45, 7) is 0. The van der Waals surface area contributed by atoms with Crippen LogP contribution in [0.15, 0.2) is 168 Å². The highest BCUT2D eigenvalue weighted by molar-refractivity contribution is 6.25. The molecule has 11 rings (SSSR count). The van der Waals surface area contributed by atoms with Crippen molar-refractivity contribution in [3.63, 3.8) is 0 Å². The quantitative estimate of drug-likeness (QED) is 0.181. The number of benzene rings is 8. The Kier molecular flexibility index (Phi) is 5.63. The molecule has 0 unspecified atom stereocenters. The van der Waals surface area contributed by atoms with Crippen molar-refractivity contribution in [2.45, 2.75) is 0 Å². The SMILES string of the molecule is c1ccc(-c2nc(-n3c4ccc5ccccc5c4c4cccc(-c5cccc6oc7ccccc7c56)c43)nc3c2ccc2ccccc23)cc1. The van der Waals surface area contributed by atoms with Crippen LogP contribution in [0.4, 0.5) is 0 Å². The van der Waals surface area contributed by atoms with Crippen molar-refractivity contribution in [1.82, 2.24) is 14.5 Å². The van der Waals surface area contributed by atoms with E-state index in [0.717, 1.165) is 82.4 Å². The Balaban J connectivity index is 1.35. The third kappa shape index (κ3) is 3.81. The van der Waals surface area contributed by atoms with Gasteiger partial charge in [0.1, 0.15) is 11.2 Å². The Morgan fingerprint density at radius 2 is 1.08 bits per heavy atom. The molecule has 0 fully saturated rings. The lowest BCUT2D eigenvalue weighted by Crippen LogP contribution is -2.04. The third-order valence-electron chi connectivity index (χ3n) is 10.2. The van der Waals surface area contributed by atoms with E-state index in [0.29, 0.717) is 5.95 Å². The third-order valence-corrected chi connectivity index (χ3v) is 10.2. The first kappa shape index (κ1) is 27.2. The van der Waals surface area contributed by atoms with Gasteiger partial charge in [-0.05, 0) is 46.0 Å². The van der Waals surface area contributed by atoms with Crippen LogP contribution in [0.3, 0.4) is 0 Å². The summed E-state index contributed by atoms with van der Waals surface area (Å²) in [5.74, 6) is 0.639. The highest BCUT2D eigenvalue weighted by atomic mass is 16.3. The fourth-order valence-electron chi connectivity index (χ4n) is 8.03. The van der Waals surface area contributed by atoms with Gasteiger partial charge in [0.25, 0.3) is 0 Å². The van der Waals surface area contributed by atoms with E-state index in [-0.39, 0.29) is 0 Å². The molecule has 0 radical (unpaired) electrons. The van der Waals surface area contributed by atoms with E-state index in [1.807, 2.05) is 18.2 Å². The Labute approximate surface area is 286 Å². The summed E-state index contributed by atoms with van der Waals surface area (Å²) in [6.07, 6.45) is 0. The van der Waals surface area contributed by atoms with Crippen LogP contribution in [-0.2, 0) is 0 Å². The summed E-state index contributed by atoms with van der Waals surface area (Å²) >= 11 is 0. The standard InChI is InChI=1S/C46H27N3O/c1-2-14-30(15-3-1)43-37-26-24-29-13-5-7-17-32(29)44(37)48-46(47-43)49-38-27-25-28-12-4-6-16-31(28)41(38)36-21-10-20-34(45(36)49)33-19-11-23-40-42(33)35-18-8-9-22-39(35)50-40/h1-27H. The maximum atomic E-state index is 6.38. The summed E-state index contributed by atoms with van der Waals surface area (Å²) in [7, 11) is 0. The second kappa shape index (κ2) is 10.4. The van der Waals surface area contributed by atoms with E-state index < -0.39 is 0 Å². The number of nitrogens with zero attached hydrogens (tertiary/aromatic N) is 3. The first-order valence-corrected chi connectivity index (χ1v) is 16.9. The molecule has 0 bridgehead atoms. The highest BCUT2D eigenvalue weighted by Gasteiger charge is 2.23. The molecule has 232 valence electrons. The van der Waals surface area contributed by atoms with Gasteiger partial charge in [-0.15, -0.1) is 0 Å². The second-order valence-corrected chi connectivity index (χ2v) is 12.9. The Hall–Kier alpha value is -6.78. The van der Waals surface area contributed by atoms with Gasteiger partial charge in [0.2, 0.25) is 5.95 Å².